The molecule has 3 aromatic rings. The zero-order valence-corrected chi connectivity index (χ0v) is 18.7. The van der Waals surface area contributed by atoms with Crippen molar-refractivity contribution in [2.75, 3.05) is 6.61 Å². The minimum absolute atomic E-state index is 0.0560. The first-order chi connectivity index (χ1) is 13.2. The Bertz CT molecular complexity index is 1190. The number of hydrogen-bond acceptors (Lipinski definition) is 6. The van der Waals surface area contributed by atoms with Crippen LogP contribution in [0.1, 0.15) is 32.3 Å². The van der Waals surface area contributed by atoms with Crippen molar-refractivity contribution in [1.82, 2.24) is 4.57 Å². The summed E-state index contributed by atoms with van der Waals surface area (Å²) in [5.74, 6) is -0.129. The predicted molar refractivity (Wildman–Crippen MR) is 113 cm³/mol. The fraction of sp³-hybridized carbons (Fsp3) is 0.333. The Morgan fingerprint density at radius 1 is 1.25 bits per heavy atom. The van der Waals surface area contributed by atoms with Crippen LogP contribution in [-0.4, -0.2) is 25.6 Å². The summed E-state index contributed by atoms with van der Waals surface area (Å²) in [7, 11) is -3.94. The number of benzene rings is 1. The van der Waals surface area contributed by atoms with Crippen LogP contribution in [0.5, 0.6) is 0 Å². The van der Waals surface area contributed by atoms with Crippen molar-refractivity contribution in [3.8, 4) is 0 Å². The second-order valence-corrected chi connectivity index (χ2v) is 10.8. The van der Waals surface area contributed by atoms with Crippen molar-refractivity contribution in [2.45, 2.75) is 37.4 Å². The van der Waals surface area contributed by atoms with Gasteiger partial charge in [0.1, 0.15) is 10.8 Å². The summed E-state index contributed by atoms with van der Waals surface area (Å²) in [6.07, 6.45) is 0. The molecule has 3 rings (SSSR count). The average molecular weight is 459 g/mol. The van der Waals surface area contributed by atoms with Crippen LogP contribution in [0.15, 0.2) is 38.9 Å². The van der Waals surface area contributed by atoms with Crippen molar-refractivity contribution in [3.05, 3.63) is 45.0 Å². The Morgan fingerprint density at radius 2 is 2.00 bits per heavy atom. The highest BCUT2D eigenvalue weighted by atomic mass is 35.5. The van der Waals surface area contributed by atoms with E-state index < -0.39 is 16.0 Å². The highest BCUT2D eigenvalue weighted by Crippen LogP contribution is 2.28. The van der Waals surface area contributed by atoms with Crippen molar-refractivity contribution >= 4 is 60.5 Å². The third-order valence-corrected chi connectivity index (χ3v) is 8.09. The molecule has 0 fully saturated rings. The molecule has 6 nitrogen and oxygen atoms in total. The molecular formula is C18H19ClN2O4S3. The summed E-state index contributed by atoms with van der Waals surface area (Å²) < 4.78 is 37.3. The van der Waals surface area contributed by atoms with E-state index in [0.29, 0.717) is 10.3 Å². The molecule has 0 aliphatic heterocycles. The van der Waals surface area contributed by atoms with E-state index in [1.807, 2.05) is 18.2 Å². The summed E-state index contributed by atoms with van der Waals surface area (Å²) in [4.78, 5) is 12.3. The van der Waals surface area contributed by atoms with Gasteiger partial charge in [-0.2, -0.15) is 8.42 Å². The average Bonchev–Trinajstić information content (AvgIpc) is 3.19. The number of carbonyl (C=O) groups is 1. The van der Waals surface area contributed by atoms with Gasteiger partial charge in [-0.1, -0.05) is 42.9 Å². The number of rotatable bonds is 6. The molecule has 28 heavy (non-hydrogen) atoms. The van der Waals surface area contributed by atoms with Gasteiger partial charge in [-0.15, -0.1) is 15.7 Å². The molecule has 0 amide bonds. The number of thiazole rings is 1. The van der Waals surface area contributed by atoms with E-state index in [2.05, 4.69) is 18.2 Å². The normalized spacial score (nSPS) is 12.8. The Hall–Kier alpha value is -1.68. The standard InChI is InChI=1S/C18H19ClN2O4S3/c1-4-25-16(22)10-21-13-6-5-12(11(2)3)9-14(13)26-18(21)20-28(23,24)17-8-7-15(19)27-17/h5-9,11H,4,10H2,1-3H3/b20-18-. The summed E-state index contributed by atoms with van der Waals surface area (Å²) in [5.41, 5.74) is 1.86. The van der Waals surface area contributed by atoms with Gasteiger partial charge in [-0.25, -0.2) is 0 Å². The topological polar surface area (TPSA) is 77.7 Å². The SMILES string of the molecule is CCOC(=O)Cn1/c(=N/S(=O)(=O)c2ccc(Cl)s2)sc2cc(C(C)C)ccc21. The lowest BCUT2D eigenvalue weighted by atomic mass is 10.0. The number of carbonyl (C=O) groups excluding carboxylic acids is 1. The molecule has 0 unspecified atom stereocenters. The third-order valence-electron chi connectivity index (χ3n) is 3.97. The van der Waals surface area contributed by atoms with Crippen LogP contribution in [0.4, 0.5) is 0 Å². The van der Waals surface area contributed by atoms with Gasteiger partial charge in [-0.05, 0) is 42.7 Å². The lowest BCUT2D eigenvalue weighted by molar-refractivity contribution is -0.143. The van der Waals surface area contributed by atoms with Gasteiger partial charge in [0.05, 0.1) is 21.2 Å². The smallest absolute Gasteiger partial charge is 0.326 e. The van der Waals surface area contributed by atoms with E-state index in [1.54, 1.807) is 11.5 Å². The minimum Gasteiger partial charge on any atom is -0.465 e. The number of ether oxygens (including phenoxy) is 1. The van der Waals surface area contributed by atoms with E-state index in [4.69, 9.17) is 16.3 Å². The number of fused-ring (bicyclic) bond motifs is 1. The summed E-state index contributed by atoms with van der Waals surface area (Å²) >= 11 is 8.03. The van der Waals surface area contributed by atoms with Crippen LogP contribution in [-0.2, 0) is 26.1 Å². The first-order valence-corrected chi connectivity index (χ1v) is 12.0. The molecule has 0 atom stereocenters. The number of halogens is 1. The van der Waals surface area contributed by atoms with Crippen molar-refractivity contribution < 1.29 is 17.9 Å². The molecule has 0 saturated carbocycles. The largest absolute Gasteiger partial charge is 0.465 e. The number of aromatic nitrogens is 1. The van der Waals surface area contributed by atoms with Crippen LogP contribution in [0.3, 0.4) is 0 Å². The molecule has 0 aliphatic rings. The molecule has 2 aromatic heterocycles. The van der Waals surface area contributed by atoms with E-state index in [9.17, 15) is 13.2 Å². The Labute approximate surface area is 176 Å². The van der Waals surface area contributed by atoms with E-state index >= 15 is 0 Å². The summed E-state index contributed by atoms with van der Waals surface area (Å²) in [6, 6.07) is 8.79. The van der Waals surface area contributed by atoms with Crippen LogP contribution >= 0.6 is 34.3 Å². The molecule has 0 spiro atoms. The summed E-state index contributed by atoms with van der Waals surface area (Å²) in [5, 5.41) is 0. The Kier molecular flexibility index (Phi) is 6.28. The van der Waals surface area contributed by atoms with Crippen LogP contribution in [0.2, 0.25) is 4.34 Å². The zero-order valence-electron chi connectivity index (χ0n) is 15.5. The quantitative estimate of drug-likeness (QED) is 0.513. The maximum atomic E-state index is 12.7. The Morgan fingerprint density at radius 3 is 2.61 bits per heavy atom. The van der Waals surface area contributed by atoms with E-state index in [0.717, 1.165) is 27.1 Å². The predicted octanol–water partition coefficient (Wildman–Crippen LogP) is 4.39. The van der Waals surface area contributed by atoms with Crippen LogP contribution in [0.25, 0.3) is 10.2 Å². The van der Waals surface area contributed by atoms with Crippen molar-refractivity contribution in [1.29, 1.82) is 0 Å². The lowest BCUT2D eigenvalue weighted by Crippen LogP contribution is -2.23. The molecule has 0 saturated heterocycles. The molecule has 0 aliphatic carbocycles. The number of hydrogen-bond donors (Lipinski definition) is 0. The second-order valence-electron chi connectivity index (χ2n) is 6.28. The van der Waals surface area contributed by atoms with Gasteiger partial charge in [0, 0.05) is 0 Å². The van der Waals surface area contributed by atoms with Gasteiger partial charge < -0.3 is 9.30 Å². The molecule has 0 N–H and O–H groups in total. The molecule has 2 heterocycles. The maximum Gasteiger partial charge on any atom is 0.326 e. The number of esters is 1. The minimum atomic E-state index is -3.94. The third kappa shape index (κ3) is 4.48. The number of thiophene rings is 1. The second kappa shape index (κ2) is 8.36. The van der Waals surface area contributed by atoms with Crippen LogP contribution < -0.4 is 4.80 Å². The van der Waals surface area contributed by atoms with E-state index in [-0.39, 0.29) is 22.2 Å². The lowest BCUT2D eigenvalue weighted by Gasteiger charge is -2.07. The van der Waals surface area contributed by atoms with Gasteiger partial charge in [0.15, 0.2) is 0 Å². The highest BCUT2D eigenvalue weighted by molar-refractivity contribution is 7.92. The van der Waals surface area contributed by atoms with Gasteiger partial charge in [-0.3, -0.25) is 4.79 Å². The fourth-order valence-corrected chi connectivity index (χ4v) is 6.33. The highest BCUT2D eigenvalue weighted by Gasteiger charge is 2.18. The molecule has 0 radical (unpaired) electrons. The summed E-state index contributed by atoms with van der Waals surface area (Å²) in [6.45, 7) is 6.01. The molecular weight excluding hydrogens is 440 g/mol. The van der Waals surface area contributed by atoms with Crippen molar-refractivity contribution in [3.63, 3.8) is 0 Å². The van der Waals surface area contributed by atoms with E-state index in [1.165, 1.54) is 23.5 Å². The van der Waals surface area contributed by atoms with Crippen molar-refractivity contribution in [2.24, 2.45) is 4.40 Å². The molecule has 150 valence electrons. The molecule has 10 heteroatoms. The molecule has 1 aromatic carbocycles. The maximum absolute atomic E-state index is 12.7. The number of nitrogens with zero attached hydrogens (tertiary/aromatic N) is 2. The zero-order chi connectivity index (χ0) is 20.5. The monoisotopic (exact) mass is 458 g/mol. The van der Waals surface area contributed by atoms with Gasteiger partial charge in [0.2, 0.25) is 4.80 Å². The first-order valence-electron chi connectivity index (χ1n) is 8.56. The first kappa shape index (κ1) is 21.0. The molecule has 0 bridgehead atoms. The number of sulfonamides is 1. The van der Waals surface area contributed by atoms with Gasteiger partial charge in [0.25, 0.3) is 10.0 Å². The van der Waals surface area contributed by atoms with Crippen LogP contribution in [0, 0.1) is 0 Å². The fourth-order valence-electron chi connectivity index (χ4n) is 2.59. The van der Waals surface area contributed by atoms with Gasteiger partial charge >= 0.3 is 5.97 Å². The Balaban J connectivity index is 2.20.